The Kier molecular flexibility index (Phi) is 9.40. The van der Waals surface area contributed by atoms with Gasteiger partial charge < -0.3 is 0 Å². The van der Waals surface area contributed by atoms with Crippen LogP contribution in [0.15, 0.2) is 218 Å². The molecule has 0 aliphatic heterocycles. The third kappa shape index (κ3) is 6.17. The minimum Gasteiger partial charge on any atom is -0.0836 e. The molecular formula is C58H46. The molecule has 0 atom stereocenters. The largest absolute Gasteiger partial charge is 0.0836 e. The quantitative estimate of drug-likeness (QED) is 0.153. The zero-order chi connectivity index (χ0) is 38.9. The third-order valence-electron chi connectivity index (χ3n) is 12.6. The molecule has 0 radical (unpaired) electrons. The maximum absolute atomic E-state index is 2.44. The molecule has 7 aromatic carbocycles. The molecule has 3 aliphatic carbocycles. The highest BCUT2D eigenvalue weighted by Gasteiger charge is 2.46. The fourth-order valence-corrected chi connectivity index (χ4v) is 9.87. The second kappa shape index (κ2) is 15.3. The lowest BCUT2D eigenvalue weighted by Gasteiger charge is -2.34. The molecule has 0 heterocycles. The average molecular weight is 743 g/mol. The lowest BCUT2D eigenvalue weighted by atomic mass is 9.67. The number of allylic oxidation sites excluding steroid dienone is 10. The van der Waals surface area contributed by atoms with Gasteiger partial charge in [-0.1, -0.05) is 200 Å². The van der Waals surface area contributed by atoms with Crippen LogP contribution in [-0.2, 0) is 5.41 Å². The zero-order valence-corrected chi connectivity index (χ0v) is 33.0. The Bertz CT molecular complexity index is 2770. The summed E-state index contributed by atoms with van der Waals surface area (Å²) in [6, 6.07) is 67.6. The Morgan fingerprint density at radius 2 is 1.03 bits per heavy atom. The maximum atomic E-state index is 2.44. The Morgan fingerprint density at radius 3 is 1.78 bits per heavy atom. The van der Waals surface area contributed by atoms with Crippen LogP contribution in [-0.4, -0.2) is 0 Å². The van der Waals surface area contributed by atoms with Gasteiger partial charge in [0.25, 0.3) is 0 Å². The van der Waals surface area contributed by atoms with Gasteiger partial charge in [0.05, 0.1) is 5.41 Å². The summed E-state index contributed by atoms with van der Waals surface area (Å²) < 4.78 is 0. The van der Waals surface area contributed by atoms with E-state index in [0.717, 1.165) is 25.7 Å². The molecule has 0 spiro atoms. The molecule has 0 heteroatoms. The molecule has 3 aliphatic rings. The Balaban J connectivity index is 1.11. The molecule has 0 unspecified atom stereocenters. The van der Waals surface area contributed by atoms with Crippen molar-refractivity contribution in [3.05, 3.63) is 262 Å². The summed E-state index contributed by atoms with van der Waals surface area (Å²) >= 11 is 0. The molecule has 0 nitrogen and oxygen atoms in total. The van der Waals surface area contributed by atoms with E-state index in [1.807, 2.05) is 0 Å². The van der Waals surface area contributed by atoms with Crippen molar-refractivity contribution in [3.8, 4) is 22.3 Å². The lowest BCUT2D eigenvalue weighted by Crippen LogP contribution is -2.28. The summed E-state index contributed by atoms with van der Waals surface area (Å²) in [5, 5.41) is 0. The van der Waals surface area contributed by atoms with Crippen molar-refractivity contribution in [2.45, 2.75) is 38.0 Å². The highest BCUT2D eigenvalue weighted by atomic mass is 14.5. The van der Waals surface area contributed by atoms with Crippen molar-refractivity contribution in [2.24, 2.45) is 0 Å². The van der Waals surface area contributed by atoms with E-state index in [0.29, 0.717) is 0 Å². The summed E-state index contributed by atoms with van der Waals surface area (Å²) in [4.78, 5) is 0. The molecule has 0 aromatic heterocycles. The molecule has 10 rings (SSSR count). The highest BCUT2D eigenvalue weighted by molar-refractivity contribution is 5.97. The van der Waals surface area contributed by atoms with Crippen LogP contribution in [0, 0.1) is 0 Å². The third-order valence-corrected chi connectivity index (χ3v) is 12.6. The van der Waals surface area contributed by atoms with Crippen LogP contribution in [0.1, 0.15) is 77.1 Å². The topological polar surface area (TPSA) is 0 Å². The van der Waals surface area contributed by atoms with E-state index < -0.39 is 5.41 Å². The highest BCUT2D eigenvalue weighted by Crippen LogP contribution is 2.58. The van der Waals surface area contributed by atoms with Crippen molar-refractivity contribution < 1.29 is 0 Å². The minimum absolute atomic E-state index is 0.426. The number of rotatable bonds is 7. The number of fused-ring (bicyclic) bond motifs is 3. The molecule has 0 saturated heterocycles. The van der Waals surface area contributed by atoms with E-state index in [4.69, 9.17) is 0 Å². The van der Waals surface area contributed by atoms with Crippen LogP contribution in [0.25, 0.3) is 44.5 Å². The molecule has 0 amide bonds. The summed E-state index contributed by atoms with van der Waals surface area (Å²) in [5.74, 6) is 0. The summed E-state index contributed by atoms with van der Waals surface area (Å²) in [7, 11) is 0. The second-order valence-corrected chi connectivity index (χ2v) is 15.8. The van der Waals surface area contributed by atoms with Crippen molar-refractivity contribution >= 4 is 22.3 Å². The van der Waals surface area contributed by atoms with Gasteiger partial charge in [-0.05, 0) is 139 Å². The first-order valence-corrected chi connectivity index (χ1v) is 20.8. The first-order chi connectivity index (χ1) is 28.7. The summed E-state index contributed by atoms with van der Waals surface area (Å²) in [6.45, 7) is 2.32. The molecule has 58 heavy (non-hydrogen) atoms. The smallest absolute Gasteiger partial charge is 0.0713 e. The van der Waals surface area contributed by atoms with E-state index in [1.54, 1.807) is 0 Å². The number of benzene rings is 7. The van der Waals surface area contributed by atoms with Crippen molar-refractivity contribution in [1.29, 1.82) is 0 Å². The van der Waals surface area contributed by atoms with Crippen LogP contribution in [0.5, 0.6) is 0 Å². The lowest BCUT2D eigenvalue weighted by molar-refractivity contribution is 0.768. The molecule has 0 N–H and O–H groups in total. The van der Waals surface area contributed by atoms with Crippen LogP contribution in [0.3, 0.4) is 0 Å². The normalized spacial score (nSPS) is 18.7. The average Bonchev–Trinajstić information content (AvgIpc) is 3.60. The fraction of sp³-hybridized carbons (Fsp3) is 0.103. The van der Waals surface area contributed by atoms with Gasteiger partial charge in [0.2, 0.25) is 0 Å². The molecular weight excluding hydrogens is 697 g/mol. The van der Waals surface area contributed by atoms with Gasteiger partial charge in [-0.3, -0.25) is 0 Å². The van der Waals surface area contributed by atoms with Gasteiger partial charge in [0.15, 0.2) is 0 Å². The predicted molar refractivity (Wildman–Crippen MR) is 246 cm³/mol. The van der Waals surface area contributed by atoms with Gasteiger partial charge in [-0.25, -0.2) is 0 Å². The van der Waals surface area contributed by atoms with Crippen LogP contribution in [0.2, 0.25) is 0 Å². The molecule has 0 saturated carbocycles. The van der Waals surface area contributed by atoms with Crippen LogP contribution >= 0.6 is 0 Å². The van der Waals surface area contributed by atoms with Crippen molar-refractivity contribution in [1.82, 2.24) is 0 Å². The second-order valence-electron chi connectivity index (χ2n) is 15.8. The van der Waals surface area contributed by atoms with E-state index in [9.17, 15) is 0 Å². The zero-order valence-electron chi connectivity index (χ0n) is 33.0. The van der Waals surface area contributed by atoms with Gasteiger partial charge in [0, 0.05) is 0 Å². The van der Waals surface area contributed by atoms with Gasteiger partial charge in [0.1, 0.15) is 0 Å². The van der Waals surface area contributed by atoms with Crippen molar-refractivity contribution in [3.63, 3.8) is 0 Å². The van der Waals surface area contributed by atoms with E-state index in [-0.39, 0.29) is 0 Å². The van der Waals surface area contributed by atoms with Crippen molar-refractivity contribution in [2.75, 3.05) is 0 Å². The summed E-state index contributed by atoms with van der Waals surface area (Å²) in [6.07, 6.45) is 15.9. The van der Waals surface area contributed by atoms with Gasteiger partial charge in [-0.2, -0.15) is 0 Å². The first kappa shape index (κ1) is 35.6. The van der Waals surface area contributed by atoms with E-state index in [2.05, 4.69) is 219 Å². The molecule has 0 bridgehead atoms. The molecule has 7 aromatic rings. The predicted octanol–water partition coefficient (Wildman–Crippen LogP) is 15.2. The van der Waals surface area contributed by atoms with Gasteiger partial charge in [-0.15, -0.1) is 0 Å². The van der Waals surface area contributed by atoms with Crippen LogP contribution in [0.4, 0.5) is 0 Å². The minimum atomic E-state index is -0.426. The molecule has 278 valence electrons. The Morgan fingerprint density at radius 1 is 0.448 bits per heavy atom. The van der Waals surface area contributed by atoms with E-state index >= 15 is 0 Å². The monoisotopic (exact) mass is 742 g/mol. The summed E-state index contributed by atoms with van der Waals surface area (Å²) in [5.41, 5.74) is 21.8. The standard InChI is InChI=1S/C58H46/c1-41-51(44-21-8-3-9-22-44)37-35-43(36-38-52(41)47-25-16-23-45(39-47)42-19-6-2-7-20-42)46-24-17-26-48(40-46)53-32-18-34-56-57(53)54-31-14-15-33-55(54)58(56,49-27-10-4-11-28-49)50-29-12-5-13-30-50/h3-6,8-34,36,38-40H,2,7,35,37H2,1H3/b43-36+,51-41+,52-38-. The Hall–Kier alpha value is -6.76. The van der Waals surface area contributed by atoms with E-state index in [1.165, 1.54) is 94.6 Å². The number of hydrogen-bond acceptors (Lipinski definition) is 0. The first-order valence-electron chi connectivity index (χ1n) is 20.8. The molecule has 0 fully saturated rings. The maximum Gasteiger partial charge on any atom is 0.0713 e. The number of hydrogen-bond donors (Lipinski definition) is 0. The SMILES string of the molecule is CC1=C(/c2ccccc2)CC\C(c2cccc(-c3cccc4c3-c3ccccc3C4(c3ccccc3)c3ccccc3)c2)=C/C=C/1c1cccc(C2=CCCC=C2)c1. The van der Waals surface area contributed by atoms with Gasteiger partial charge >= 0.3 is 0 Å². The fourth-order valence-electron chi connectivity index (χ4n) is 9.87. The Labute approximate surface area is 343 Å². The van der Waals surface area contributed by atoms with Crippen LogP contribution < -0.4 is 0 Å².